The van der Waals surface area contributed by atoms with E-state index in [4.69, 9.17) is 9.47 Å². The minimum absolute atomic E-state index is 0.0233. The van der Waals surface area contributed by atoms with Gasteiger partial charge in [-0.05, 0) is 62.5 Å². The third kappa shape index (κ3) is 4.17. The Morgan fingerprint density at radius 3 is 2.56 bits per heavy atom. The largest absolute Gasteiger partial charge is 0.454 e. The summed E-state index contributed by atoms with van der Waals surface area (Å²) >= 11 is 0. The van der Waals surface area contributed by atoms with Crippen LogP contribution in [0, 0.1) is 5.92 Å². The van der Waals surface area contributed by atoms with Crippen molar-refractivity contribution in [2.45, 2.75) is 38.8 Å². The van der Waals surface area contributed by atoms with Crippen molar-refractivity contribution in [1.29, 1.82) is 0 Å². The van der Waals surface area contributed by atoms with E-state index >= 15 is 0 Å². The van der Waals surface area contributed by atoms with Crippen LogP contribution in [0.4, 0.5) is 5.69 Å². The van der Waals surface area contributed by atoms with Gasteiger partial charge in [0.15, 0.2) is 11.5 Å². The number of benzene rings is 2. The molecule has 32 heavy (non-hydrogen) atoms. The van der Waals surface area contributed by atoms with Crippen molar-refractivity contribution >= 4 is 17.5 Å². The molecule has 0 bridgehead atoms. The highest BCUT2D eigenvalue weighted by Crippen LogP contribution is 2.34. The second-order valence-electron chi connectivity index (χ2n) is 8.82. The summed E-state index contributed by atoms with van der Waals surface area (Å²) in [4.78, 5) is 30.1. The standard InChI is InChI=1S/C25H29N3O4/c1-17(25(30)28-13-8-18-4-2-3-5-20(18)15-28)27-11-9-19(10-12-27)24(29)26-21-6-7-22-23(14-21)32-16-31-22/h2-7,14,17,19H,8-13,15-16H2,1H3,(H,26,29)/t17-/m1/s1. The van der Waals surface area contributed by atoms with Crippen LogP contribution in [0.5, 0.6) is 11.5 Å². The van der Waals surface area contributed by atoms with Gasteiger partial charge in [-0.15, -0.1) is 0 Å². The van der Waals surface area contributed by atoms with Crippen molar-refractivity contribution in [2.24, 2.45) is 5.92 Å². The zero-order valence-electron chi connectivity index (χ0n) is 18.4. The summed E-state index contributed by atoms with van der Waals surface area (Å²) in [5.41, 5.74) is 3.31. The number of anilines is 1. The number of nitrogens with zero attached hydrogens (tertiary/aromatic N) is 2. The van der Waals surface area contributed by atoms with Gasteiger partial charge >= 0.3 is 0 Å². The Labute approximate surface area is 188 Å². The molecule has 1 fully saturated rings. The second-order valence-corrected chi connectivity index (χ2v) is 8.82. The molecule has 0 unspecified atom stereocenters. The highest BCUT2D eigenvalue weighted by Gasteiger charge is 2.32. The minimum atomic E-state index is -0.168. The smallest absolute Gasteiger partial charge is 0.239 e. The van der Waals surface area contributed by atoms with E-state index < -0.39 is 0 Å². The maximum Gasteiger partial charge on any atom is 0.239 e. The van der Waals surface area contributed by atoms with Crippen LogP contribution in [0.25, 0.3) is 0 Å². The van der Waals surface area contributed by atoms with Crippen LogP contribution in [0.2, 0.25) is 0 Å². The van der Waals surface area contributed by atoms with Crippen molar-refractivity contribution in [3.63, 3.8) is 0 Å². The Bertz CT molecular complexity index is 1020. The molecule has 1 atom stereocenters. The molecule has 7 nitrogen and oxygen atoms in total. The van der Waals surface area contributed by atoms with Crippen LogP contribution in [0.1, 0.15) is 30.9 Å². The first-order valence-corrected chi connectivity index (χ1v) is 11.4. The first-order chi connectivity index (χ1) is 15.6. The first kappa shape index (κ1) is 20.8. The summed E-state index contributed by atoms with van der Waals surface area (Å²) in [6.45, 7) is 5.16. The third-order valence-corrected chi connectivity index (χ3v) is 6.89. The fraction of sp³-hybridized carbons (Fsp3) is 0.440. The fourth-order valence-corrected chi connectivity index (χ4v) is 4.87. The quantitative estimate of drug-likeness (QED) is 0.799. The predicted octanol–water partition coefficient (Wildman–Crippen LogP) is 3.04. The van der Waals surface area contributed by atoms with E-state index in [0.717, 1.165) is 44.6 Å². The lowest BCUT2D eigenvalue weighted by atomic mass is 9.94. The molecule has 3 aliphatic rings. The topological polar surface area (TPSA) is 71.1 Å². The average molecular weight is 436 g/mol. The molecule has 7 heteroatoms. The molecule has 1 saturated heterocycles. The third-order valence-electron chi connectivity index (χ3n) is 6.89. The maximum atomic E-state index is 13.1. The Balaban J connectivity index is 1.13. The summed E-state index contributed by atoms with van der Waals surface area (Å²) in [7, 11) is 0. The number of amides is 2. The van der Waals surface area contributed by atoms with E-state index in [1.807, 2.05) is 30.0 Å². The van der Waals surface area contributed by atoms with E-state index in [1.54, 1.807) is 6.07 Å². The molecule has 2 aromatic carbocycles. The van der Waals surface area contributed by atoms with Crippen molar-refractivity contribution in [3.05, 3.63) is 53.6 Å². The monoisotopic (exact) mass is 435 g/mol. The molecule has 168 valence electrons. The van der Waals surface area contributed by atoms with Gasteiger partial charge in [0.2, 0.25) is 18.6 Å². The Morgan fingerprint density at radius 2 is 1.75 bits per heavy atom. The Kier molecular flexibility index (Phi) is 5.74. The second kappa shape index (κ2) is 8.82. The molecule has 5 rings (SSSR count). The molecular weight excluding hydrogens is 406 g/mol. The number of carbonyl (C=O) groups excluding carboxylic acids is 2. The molecule has 0 radical (unpaired) electrons. The minimum Gasteiger partial charge on any atom is -0.454 e. The number of carbonyl (C=O) groups is 2. The van der Waals surface area contributed by atoms with Crippen LogP contribution in [0.3, 0.4) is 0 Å². The van der Waals surface area contributed by atoms with Gasteiger partial charge in [0, 0.05) is 30.8 Å². The molecule has 0 aromatic heterocycles. The van der Waals surface area contributed by atoms with Crippen LogP contribution >= 0.6 is 0 Å². The zero-order chi connectivity index (χ0) is 22.1. The lowest BCUT2D eigenvalue weighted by Gasteiger charge is -2.38. The van der Waals surface area contributed by atoms with Crippen molar-refractivity contribution in [1.82, 2.24) is 9.80 Å². The van der Waals surface area contributed by atoms with E-state index in [0.29, 0.717) is 18.0 Å². The Hall–Kier alpha value is -3.06. The number of hydrogen-bond donors (Lipinski definition) is 1. The van der Waals surface area contributed by atoms with Gasteiger partial charge in [-0.3, -0.25) is 14.5 Å². The van der Waals surface area contributed by atoms with E-state index in [9.17, 15) is 9.59 Å². The van der Waals surface area contributed by atoms with Crippen molar-refractivity contribution < 1.29 is 19.1 Å². The lowest BCUT2D eigenvalue weighted by molar-refractivity contribution is -0.138. The maximum absolute atomic E-state index is 13.1. The van der Waals surface area contributed by atoms with E-state index in [1.165, 1.54) is 11.1 Å². The Morgan fingerprint density at radius 1 is 1.00 bits per heavy atom. The molecule has 3 heterocycles. The molecule has 2 aromatic rings. The van der Waals surface area contributed by atoms with E-state index in [2.05, 4.69) is 28.4 Å². The SMILES string of the molecule is C[C@H](C(=O)N1CCc2ccccc2C1)N1CCC(C(=O)Nc2ccc3c(c2)OCO3)CC1. The molecule has 3 aliphatic heterocycles. The number of piperidine rings is 1. The van der Waals surface area contributed by atoms with E-state index in [-0.39, 0.29) is 30.6 Å². The predicted molar refractivity (Wildman–Crippen MR) is 121 cm³/mol. The van der Waals surface area contributed by atoms with Crippen LogP contribution in [-0.4, -0.2) is 54.1 Å². The summed E-state index contributed by atoms with van der Waals surface area (Å²) in [6.07, 6.45) is 2.41. The fourth-order valence-electron chi connectivity index (χ4n) is 4.87. The number of nitrogens with one attached hydrogen (secondary N) is 1. The van der Waals surface area contributed by atoms with Crippen LogP contribution in [0.15, 0.2) is 42.5 Å². The molecule has 0 aliphatic carbocycles. The van der Waals surface area contributed by atoms with Crippen LogP contribution < -0.4 is 14.8 Å². The summed E-state index contributed by atoms with van der Waals surface area (Å²) < 4.78 is 10.7. The van der Waals surface area contributed by atoms with Gasteiger partial charge in [0.25, 0.3) is 0 Å². The van der Waals surface area contributed by atoms with Crippen LogP contribution in [-0.2, 0) is 22.6 Å². The number of likely N-dealkylation sites (tertiary alicyclic amines) is 1. The van der Waals surface area contributed by atoms with Gasteiger partial charge in [-0.2, -0.15) is 0 Å². The summed E-state index contributed by atoms with van der Waals surface area (Å²) in [5, 5.41) is 3.00. The molecular formula is C25H29N3O4. The van der Waals surface area contributed by atoms with Gasteiger partial charge < -0.3 is 19.7 Å². The highest BCUT2D eigenvalue weighted by molar-refractivity contribution is 5.93. The van der Waals surface area contributed by atoms with Crippen molar-refractivity contribution in [3.8, 4) is 11.5 Å². The van der Waals surface area contributed by atoms with Gasteiger partial charge in [-0.1, -0.05) is 24.3 Å². The average Bonchev–Trinajstić information content (AvgIpc) is 3.31. The van der Waals surface area contributed by atoms with Crippen molar-refractivity contribution in [2.75, 3.05) is 31.7 Å². The zero-order valence-corrected chi connectivity index (χ0v) is 18.4. The number of rotatable bonds is 4. The van der Waals surface area contributed by atoms with Gasteiger partial charge in [0.05, 0.1) is 6.04 Å². The summed E-state index contributed by atoms with van der Waals surface area (Å²) in [5.74, 6) is 1.51. The number of hydrogen-bond acceptors (Lipinski definition) is 5. The van der Waals surface area contributed by atoms with Gasteiger partial charge in [-0.25, -0.2) is 0 Å². The highest BCUT2D eigenvalue weighted by atomic mass is 16.7. The molecule has 0 spiro atoms. The number of ether oxygens (including phenoxy) is 2. The lowest BCUT2D eigenvalue weighted by Crippen LogP contribution is -2.51. The van der Waals surface area contributed by atoms with Gasteiger partial charge in [0.1, 0.15) is 0 Å². The number of fused-ring (bicyclic) bond motifs is 2. The summed E-state index contributed by atoms with van der Waals surface area (Å²) in [6, 6.07) is 13.6. The molecule has 1 N–H and O–H groups in total. The molecule has 0 saturated carbocycles. The molecule has 2 amide bonds. The first-order valence-electron chi connectivity index (χ1n) is 11.4. The normalized spacial score (nSPS) is 19.3.